The number of nitrogens with zero attached hydrogens (tertiary/aromatic N) is 2. The summed E-state index contributed by atoms with van der Waals surface area (Å²) in [6.07, 6.45) is 2.01. The van der Waals surface area contributed by atoms with Crippen molar-refractivity contribution in [2.75, 3.05) is 32.7 Å². The molecule has 1 aliphatic heterocycles. The van der Waals surface area contributed by atoms with Gasteiger partial charge in [-0.25, -0.2) is 4.39 Å². The van der Waals surface area contributed by atoms with E-state index in [0.717, 1.165) is 18.9 Å². The standard InChI is InChI=1S/C16H19FN2O3/c17-12-2-1-3-13(20)15(12)16(22)19-8-6-18(7-9-19)10-14(21)11-4-5-11/h1-3,11,20H,4-10H2. The van der Waals surface area contributed by atoms with Crippen LogP contribution in [0, 0.1) is 11.7 Å². The summed E-state index contributed by atoms with van der Waals surface area (Å²) >= 11 is 0. The molecule has 0 atom stereocenters. The molecular formula is C16H19FN2O3. The summed E-state index contributed by atoms with van der Waals surface area (Å²) in [6.45, 7) is 2.51. The Morgan fingerprint density at radius 3 is 2.45 bits per heavy atom. The van der Waals surface area contributed by atoms with Crippen LogP contribution in [0.4, 0.5) is 4.39 Å². The lowest BCUT2D eigenvalue weighted by molar-refractivity contribution is -0.121. The van der Waals surface area contributed by atoms with Gasteiger partial charge in [-0.3, -0.25) is 14.5 Å². The van der Waals surface area contributed by atoms with Crippen molar-refractivity contribution in [3.05, 3.63) is 29.6 Å². The van der Waals surface area contributed by atoms with Gasteiger partial charge in [0, 0.05) is 32.1 Å². The number of aromatic hydroxyl groups is 1. The third-order valence-corrected chi connectivity index (χ3v) is 4.28. The molecule has 1 heterocycles. The number of carbonyl (C=O) groups excluding carboxylic acids is 2. The Labute approximate surface area is 128 Å². The number of ketones is 1. The Hall–Kier alpha value is -1.95. The number of Topliss-reactive ketones (excluding diaryl/α,β-unsaturated/α-hetero) is 1. The first kappa shape index (κ1) is 15.0. The SMILES string of the molecule is O=C(CN1CCN(C(=O)c2c(O)cccc2F)CC1)C1CC1. The molecule has 1 aliphatic carbocycles. The third-order valence-electron chi connectivity index (χ3n) is 4.28. The fraction of sp³-hybridized carbons (Fsp3) is 0.500. The first-order valence-electron chi connectivity index (χ1n) is 7.58. The molecule has 1 aromatic carbocycles. The predicted molar refractivity (Wildman–Crippen MR) is 78.1 cm³/mol. The van der Waals surface area contributed by atoms with Crippen molar-refractivity contribution in [2.24, 2.45) is 5.92 Å². The van der Waals surface area contributed by atoms with E-state index in [1.165, 1.54) is 17.0 Å². The van der Waals surface area contributed by atoms with Gasteiger partial charge in [0.1, 0.15) is 22.9 Å². The molecule has 5 nitrogen and oxygen atoms in total. The summed E-state index contributed by atoms with van der Waals surface area (Å²) in [5.74, 6) is -1.02. The highest BCUT2D eigenvalue weighted by Crippen LogP contribution is 2.30. The van der Waals surface area contributed by atoms with Crippen LogP contribution in [-0.4, -0.2) is 59.3 Å². The molecule has 0 radical (unpaired) electrons. The van der Waals surface area contributed by atoms with Crippen molar-refractivity contribution in [1.29, 1.82) is 0 Å². The largest absolute Gasteiger partial charge is 0.507 e. The normalized spacial score (nSPS) is 19.2. The first-order chi connectivity index (χ1) is 10.6. The number of benzene rings is 1. The van der Waals surface area contributed by atoms with E-state index in [-0.39, 0.29) is 23.0 Å². The zero-order valence-corrected chi connectivity index (χ0v) is 12.3. The van der Waals surface area contributed by atoms with Gasteiger partial charge in [0.25, 0.3) is 5.91 Å². The summed E-state index contributed by atoms with van der Waals surface area (Å²) < 4.78 is 13.7. The lowest BCUT2D eigenvalue weighted by Crippen LogP contribution is -2.50. The van der Waals surface area contributed by atoms with E-state index >= 15 is 0 Å². The van der Waals surface area contributed by atoms with Crippen LogP contribution in [0.5, 0.6) is 5.75 Å². The molecule has 2 aliphatic rings. The average molecular weight is 306 g/mol. The molecule has 1 N–H and O–H groups in total. The van der Waals surface area contributed by atoms with Crippen LogP contribution >= 0.6 is 0 Å². The second-order valence-electron chi connectivity index (χ2n) is 5.94. The van der Waals surface area contributed by atoms with Crippen molar-refractivity contribution in [3.8, 4) is 5.75 Å². The van der Waals surface area contributed by atoms with Gasteiger partial charge in [-0.1, -0.05) is 6.07 Å². The van der Waals surface area contributed by atoms with Crippen LogP contribution in [0.2, 0.25) is 0 Å². The molecule has 1 amide bonds. The summed E-state index contributed by atoms with van der Waals surface area (Å²) in [7, 11) is 0. The van der Waals surface area contributed by atoms with Gasteiger partial charge in [-0.05, 0) is 25.0 Å². The van der Waals surface area contributed by atoms with E-state index in [1.54, 1.807) is 0 Å². The van der Waals surface area contributed by atoms with E-state index in [2.05, 4.69) is 0 Å². The molecular weight excluding hydrogens is 287 g/mol. The Morgan fingerprint density at radius 2 is 1.86 bits per heavy atom. The molecule has 1 saturated heterocycles. The van der Waals surface area contributed by atoms with E-state index < -0.39 is 11.7 Å². The highest BCUT2D eigenvalue weighted by atomic mass is 19.1. The molecule has 3 rings (SSSR count). The van der Waals surface area contributed by atoms with E-state index in [1.807, 2.05) is 4.90 Å². The Kier molecular flexibility index (Phi) is 4.11. The van der Waals surface area contributed by atoms with Crippen LogP contribution in [0.15, 0.2) is 18.2 Å². The molecule has 6 heteroatoms. The van der Waals surface area contributed by atoms with Gasteiger partial charge < -0.3 is 10.0 Å². The smallest absolute Gasteiger partial charge is 0.260 e. The van der Waals surface area contributed by atoms with Crippen LogP contribution in [0.25, 0.3) is 0 Å². The minimum Gasteiger partial charge on any atom is -0.507 e. The predicted octanol–water partition coefficient (Wildman–Crippen LogP) is 1.27. The molecule has 0 spiro atoms. The van der Waals surface area contributed by atoms with E-state index in [0.29, 0.717) is 32.7 Å². The maximum Gasteiger partial charge on any atom is 0.260 e. The first-order valence-corrected chi connectivity index (χ1v) is 7.58. The molecule has 0 aromatic heterocycles. The number of rotatable bonds is 4. The molecule has 118 valence electrons. The van der Waals surface area contributed by atoms with Gasteiger partial charge in [-0.2, -0.15) is 0 Å². The fourth-order valence-electron chi connectivity index (χ4n) is 2.75. The summed E-state index contributed by atoms with van der Waals surface area (Å²) in [5.41, 5.74) is -0.273. The summed E-state index contributed by atoms with van der Waals surface area (Å²) in [5, 5.41) is 9.69. The zero-order valence-electron chi connectivity index (χ0n) is 12.3. The Balaban J connectivity index is 1.58. The number of hydrogen-bond donors (Lipinski definition) is 1. The monoisotopic (exact) mass is 306 g/mol. The molecule has 22 heavy (non-hydrogen) atoms. The van der Waals surface area contributed by atoms with Gasteiger partial charge in [0.05, 0.1) is 6.54 Å². The Morgan fingerprint density at radius 1 is 1.18 bits per heavy atom. The van der Waals surface area contributed by atoms with Crippen LogP contribution < -0.4 is 0 Å². The third kappa shape index (κ3) is 3.11. The zero-order chi connectivity index (χ0) is 15.7. The lowest BCUT2D eigenvalue weighted by Gasteiger charge is -2.34. The number of carbonyl (C=O) groups is 2. The quantitative estimate of drug-likeness (QED) is 0.910. The van der Waals surface area contributed by atoms with Crippen LogP contribution in [0.3, 0.4) is 0 Å². The Bertz CT molecular complexity index is 573. The molecule has 1 aromatic rings. The number of amides is 1. The van der Waals surface area contributed by atoms with Gasteiger partial charge >= 0.3 is 0 Å². The molecule has 0 bridgehead atoms. The van der Waals surface area contributed by atoms with Crippen LogP contribution in [0.1, 0.15) is 23.2 Å². The summed E-state index contributed by atoms with van der Waals surface area (Å²) in [6, 6.07) is 3.83. The van der Waals surface area contributed by atoms with Gasteiger partial charge in [0.15, 0.2) is 0 Å². The minimum absolute atomic E-state index is 0.245. The maximum atomic E-state index is 13.7. The van der Waals surface area contributed by atoms with Crippen molar-refractivity contribution in [1.82, 2.24) is 9.80 Å². The summed E-state index contributed by atoms with van der Waals surface area (Å²) in [4.78, 5) is 27.7. The number of piperazine rings is 1. The lowest BCUT2D eigenvalue weighted by atomic mass is 10.1. The number of phenolic OH excluding ortho intramolecular Hbond substituents is 1. The highest BCUT2D eigenvalue weighted by molar-refractivity contribution is 5.97. The average Bonchev–Trinajstić information content (AvgIpc) is 3.32. The maximum absolute atomic E-state index is 13.7. The molecule has 2 fully saturated rings. The van der Waals surface area contributed by atoms with Crippen molar-refractivity contribution >= 4 is 11.7 Å². The van der Waals surface area contributed by atoms with Crippen LogP contribution in [-0.2, 0) is 4.79 Å². The number of halogens is 1. The number of hydrogen-bond acceptors (Lipinski definition) is 4. The fourth-order valence-corrected chi connectivity index (χ4v) is 2.75. The minimum atomic E-state index is -0.712. The van der Waals surface area contributed by atoms with Crippen molar-refractivity contribution in [2.45, 2.75) is 12.8 Å². The topological polar surface area (TPSA) is 60.9 Å². The second kappa shape index (κ2) is 6.04. The van der Waals surface area contributed by atoms with E-state index in [4.69, 9.17) is 0 Å². The second-order valence-corrected chi connectivity index (χ2v) is 5.94. The number of phenols is 1. The van der Waals surface area contributed by atoms with Gasteiger partial charge in [0.2, 0.25) is 0 Å². The molecule has 1 saturated carbocycles. The highest BCUT2D eigenvalue weighted by Gasteiger charge is 2.32. The molecule has 0 unspecified atom stereocenters. The van der Waals surface area contributed by atoms with Crippen molar-refractivity contribution < 1.29 is 19.1 Å². The van der Waals surface area contributed by atoms with Crippen molar-refractivity contribution in [3.63, 3.8) is 0 Å². The van der Waals surface area contributed by atoms with Gasteiger partial charge in [-0.15, -0.1) is 0 Å². The van der Waals surface area contributed by atoms with E-state index in [9.17, 15) is 19.1 Å².